The fraction of sp³-hybridized carbons (Fsp3) is 0.688. The van der Waals surface area contributed by atoms with Crippen molar-refractivity contribution in [2.75, 3.05) is 13.6 Å². The molecule has 2 rings (SSSR count). The summed E-state index contributed by atoms with van der Waals surface area (Å²) in [5.41, 5.74) is 6.75. The first-order valence-electron chi connectivity index (χ1n) is 7.65. The Labute approximate surface area is 122 Å². The summed E-state index contributed by atoms with van der Waals surface area (Å²) in [4.78, 5) is 6.65. The second-order valence-corrected chi connectivity index (χ2v) is 6.12. The Morgan fingerprint density at radius 3 is 2.65 bits per heavy atom. The summed E-state index contributed by atoms with van der Waals surface area (Å²) in [5.74, 6) is 0. The molecule has 2 atom stereocenters. The number of pyridine rings is 1. The number of likely N-dealkylation sites (N-methyl/N-ethyl adjacent to an activating group) is 1. The highest BCUT2D eigenvalue weighted by Gasteiger charge is 2.35. The van der Waals surface area contributed by atoms with Gasteiger partial charge in [-0.25, -0.2) is 0 Å². The Morgan fingerprint density at radius 2 is 2.10 bits per heavy atom. The molecule has 1 fully saturated rings. The molecule has 4 heteroatoms. The van der Waals surface area contributed by atoms with Gasteiger partial charge in [0, 0.05) is 18.8 Å². The first-order chi connectivity index (χ1) is 9.56. The van der Waals surface area contributed by atoms with E-state index in [1.807, 2.05) is 31.4 Å². The van der Waals surface area contributed by atoms with Gasteiger partial charge in [-0.2, -0.15) is 0 Å². The topological polar surface area (TPSA) is 62.4 Å². The number of hydrogen-bond donors (Lipinski definition) is 2. The van der Waals surface area contributed by atoms with Gasteiger partial charge >= 0.3 is 0 Å². The summed E-state index contributed by atoms with van der Waals surface area (Å²) >= 11 is 0. The van der Waals surface area contributed by atoms with Crippen molar-refractivity contribution >= 4 is 0 Å². The highest BCUT2D eigenvalue weighted by Crippen LogP contribution is 2.32. The third-order valence-corrected chi connectivity index (χ3v) is 4.42. The van der Waals surface area contributed by atoms with E-state index in [1.54, 1.807) is 0 Å². The summed E-state index contributed by atoms with van der Waals surface area (Å²) < 4.78 is 0. The van der Waals surface area contributed by atoms with E-state index in [9.17, 15) is 5.11 Å². The van der Waals surface area contributed by atoms with Crippen molar-refractivity contribution in [3.63, 3.8) is 0 Å². The van der Waals surface area contributed by atoms with Gasteiger partial charge in [0.1, 0.15) is 0 Å². The lowest BCUT2D eigenvalue weighted by Crippen LogP contribution is -2.46. The van der Waals surface area contributed by atoms with E-state index in [1.165, 1.54) is 0 Å². The second kappa shape index (κ2) is 6.66. The van der Waals surface area contributed by atoms with Gasteiger partial charge in [0.25, 0.3) is 0 Å². The van der Waals surface area contributed by atoms with Gasteiger partial charge in [0.05, 0.1) is 17.3 Å². The number of aliphatic hydroxyl groups is 1. The van der Waals surface area contributed by atoms with Gasteiger partial charge < -0.3 is 10.8 Å². The van der Waals surface area contributed by atoms with Gasteiger partial charge in [-0.3, -0.25) is 9.88 Å². The Hall–Kier alpha value is -0.970. The number of nitrogens with zero attached hydrogens (tertiary/aromatic N) is 2. The van der Waals surface area contributed by atoms with Crippen molar-refractivity contribution in [1.29, 1.82) is 0 Å². The Balaban J connectivity index is 2.14. The molecule has 1 saturated carbocycles. The molecule has 0 spiro atoms. The number of hydrogen-bond acceptors (Lipinski definition) is 4. The van der Waals surface area contributed by atoms with E-state index in [2.05, 4.69) is 16.8 Å². The largest absolute Gasteiger partial charge is 0.389 e. The standard InChI is InChI=1S/C16H27N3O/c1-3-13(17)15(14-8-4-7-11-18-14)19(2)12-16(20)9-5-6-10-16/h4,7-8,11,13,15,20H,3,5-6,9-10,12,17H2,1-2H3. The zero-order valence-electron chi connectivity index (χ0n) is 12.6. The molecule has 1 aromatic heterocycles. The number of rotatable bonds is 6. The monoisotopic (exact) mass is 277 g/mol. The highest BCUT2D eigenvalue weighted by molar-refractivity contribution is 5.11. The zero-order valence-corrected chi connectivity index (χ0v) is 12.6. The molecule has 0 amide bonds. The van der Waals surface area contributed by atoms with Gasteiger partial charge in [-0.15, -0.1) is 0 Å². The predicted molar refractivity (Wildman–Crippen MR) is 81.3 cm³/mol. The van der Waals surface area contributed by atoms with Crippen molar-refractivity contribution in [1.82, 2.24) is 9.88 Å². The maximum Gasteiger partial charge on any atom is 0.0774 e. The maximum absolute atomic E-state index is 10.6. The molecule has 0 radical (unpaired) electrons. The fourth-order valence-electron chi connectivity index (χ4n) is 3.30. The van der Waals surface area contributed by atoms with E-state index < -0.39 is 5.60 Å². The normalized spacial score (nSPS) is 21.1. The molecule has 2 unspecified atom stereocenters. The summed E-state index contributed by atoms with van der Waals surface area (Å²) in [6, 6.07) is 6.03. The highest BCUT2D eigenvalue weighted by atomic mass is 16.3. The lowest BCUT2D eigenvalue weighted by Gasteiger charge is -2.36. The SMILES string of the molecule is CCC(N)C(c1ccccn1)N(C)CC1(O)CCCC1. The van der Waals surface area contributed by atoms with Crippen molar-refractivity contribution in [3.05, 3.63) is 30.1 Å². The minimum Gasteiger partial charge on any atom is -0.389 e. The molecule has 0 saturated heterocycles. The molecule has 1 heterocycles. The lowest BCUT2D eigenvalue weighted by molar-refractivity contribution is 0.00111. The molecule has 1 aliphatic carbocycles. The Morgan fingerprint density at radius 1 is 1.40 bits per heavy atom. The van der Waals surface area contributed by atoms with E-state index >= 15 is 0 Å². The van der Waals surface area contributed by atoms with Gasteiger partial charge in [-0.1, -0.05) is 25.8 Å². The molecular formula is C16H27N3O. The van der Waals surface area contributed by atoms with Gasteiger partial charge in [-0.05, 0) is 38.4 Å². The average molecular weight is 277 g/mol. The van der Waals surface area contributed by atoms with Crippen molar-refractivity contribution in [2.45, 2.75) is 56.7 Å². The van der Waals surface area contributed by atoms with Crippen LogP contribution in [0.15, 0.2) is 24.4 Å². The van der Waals surface area contributed by atoms with Crippen LogP contribution in [0, 0.1) is 0 Å². The summed E-state index contributed by atoms with van der Waals surface area (Å²) in [6.45, 7) is 2.76. The van der Waals surface area contributed by atoms with E-state index in [4.69, 9.17) is 5.73 Å². The Bertz CT molecular complexity index is 403. The fourth-order valence-corrected chi connectivity index (χ4v) is 3.30. The van der Waals surface area contributed by atoms with Crippen molar-refractivity contribution in [3.8, 4) is 0 Å². The van der Waals surface area contributed by atoms with Crippen LogP contribution in [-0.2, 0) is 0 Å². The second-order valence-electron chi connectivity index (χ2n) is 6.12. The molecule has 1 aliphatic rings. The van der Waals surface area contributed by atoms with Crippen LogP contribution in [0.2, 0.25) is 0 Å². The Kier molecular flexibility index (Phi) is 5.13. The van der Waals surface area contributed by atoms with Crippen LogP contribution in [0.4, 0.5) is 0 Å². The van der Waals surface area contributed by atoms with Crippen LogP contribution in [0.3, 0.4) is 0 Å². The molecule has 3 N–H and O–H groups in total. The molecule has 0 aliphatic heterocycles. The van der Waals surface area contributed by atoms with Gasteiger partial charge in [0.2, 0.25) is 0 Å². The van der Waals surface area contributed by atoms with E-state index in [0.717, 1.165) is 37.8 Å². The average Bonchev–Trinajstić information content (AvgIpc) is 2.86. The number of aromatic nitrogens is 1. The van der Waals surface area contributed by atoms with Crippen LogP contribution in [0.5, 0.6) is 0 Å². The minimum absolute atomic E-state index is 0.0277. The third kappa shape index (κ3) is 3.57. The quantitative estimate of drug-likeness (QED) is 0.836. The molecule has 0 aromatic carbocycles. The molecular weight excluding hydrogens is 250 g/mol. The van der Waals surface area contributed by atoms with E-state index in [-0.39, 0.29) is 12.1 Å². The molecule has 4 nitrogen and oxygen atoms in total. The first kappa shape index (κ1) is 15.4. The molecule has 1 aromatic rings. The maximum atomic E-state index is 10.6. The minimum atomic E-state index is -0.546. The van der Waals surface area contributed by atoms with Crippen LogP contribution in [0.1, 0.15) is 50.8 Å². The van der Waals surface area contributed by atoms with Crippen LogP contribution >= 0.6 is 0 Å². The molecule has 112 valence electrons. The predicted octanol–water partition coefficient (Wildman–Crippen LogP) is 2.10. The first-order valence-corrected chi connectivity index (χ1v) is 7.65. The summed E-state index contributed by atoms with van der Waals surface area (Å²) in [5, 5.41) is 10.6. The summed E-state index contributed by atoms with van der Waals surface area (Å²) in [6.07, 6.45) is 6.74. The van der Waals surface area contributed by atoms with E-state index in [0.29, 0.717) is 6.54 Å². The van der Waals surface area contributed by atoms with Gasteiger partial charge in [0.15, 0.2) is 0 Å². The zero-order chi connectivity index (χ0) is 14.6. The summed E-state index contributed by atoms with van der Waals surface area (Å²) in [7, 11) is 2.05. The lowest BCUT2D eigenvalue weighted by atomic mass is 9.96. The smallest absolute Gasteiger partial charge is 0.0774 e. The number of nitrogens with two attached hydrogens (primary N) is 1. The molecule has 20 heavy (non-hydrogen) atoms. The van der Waals surface area contributed by atoms with Crippen molar-refractivity contribution in [2.24, 2.45) is 5.73 Å². The van der Waals surface area contributed by atoms with Crippen LogP contribution in [0.25, 0.3) is 0 Å². The van der Waals surface area contributed by atoms with Crippen molar-refractivity contribution < 1.29 is 5.11 Å². The third-order valence-electron chi connectivity index (χ3n) is 4.42. The van der Waals surface area contributed by atoms with Crippen LogP contribution in [-0.4, -0.2) is 40.2 Å². The van der Waals surface area contributed by atoms with Crippen LogP contribution < -0.4 is 5.73 Å². The molecule has 0 bridgehead atoms.